The summed E-state index contributed by atoms with van der Waals surface area (Å²) in [5, 5.41) is 0. The molecule has 0 unspecified atom stereocenters. The molecule has 16 heavy (non-hydrogen) atoms. The van der Waals surface area contributed by atoms with Crippen LogP contribution in [-0.4, -0.2) is 31.1 Å². The van der Waals surface area contributed by atoms with E-state index in [2.05, 4.69) is 10.8 Å². The highest BCUT2D eigenvalue weighted by Crippen LogP contribution is 2.18. The van der Waals surface area contributed by atoms with E-state index in [1.807, 2.05) is 0 Å². The van der Waals surface area contributed by atoms with Crippen LogP contribution in [-0.2, 0) is 24.1 Å². The minimum atomic E-state index is -4.46. The number of carbonyl (C=O) groups excluding carboxylic acids is 1. The molecule has 0 spiro atoms. The summed E-state index contributed by atoms with van der Waals surface area (Å²) < 4.78 is 38.5. The first-order valence-corrected chi connectivity index (χ1v) is 6.00. The summed E-state index contributed by atoms with van der Waals surface area (Å²) in [6.45, 7) is 6.39. The third-order valence-electron chi connectivity index (χ3n) is 1.67. The number of hydrogen-bond donors (Lipinski definition) is 1. The Kier molecular flexibility index (Phi) is 5.63. The molecule has 0 aromatic carbocycles. The van der Waals surface area contributed by atoms with Crippen molar-refractivity contribution in [2.24, 2.45) is 0 Å². The van der Waals surface area contributed by atoms with E-state index < -0.39 is 22.0 Å². The molecule has 0 rings (SSSR count). The summed E-state index contributed by atoms with van der Waals surface area (Å²) in [6.07, 6.45) is 1.78. The van der Waals surface area contributed by atoms with E-state index in [9.17, 15) is 13.2 Å². The van der Waals surface area contributed by atoms with Crippen molar-refractivity contribution < 1.29 is 26.7 Å². The second-order valence-corrected chi connectivity index (χ2v) is 4.77. The number of rotatable bonds is 7. The Morgan fingerprint density at radius 3 is 2.50 bits per heavy atom. The average molecular weight is 252 g/mol. The quantitative estimate of drug-likeness (QED) is 0.316. The molecular formula is C9H16O6S. The SMILES string of the molecule is C=CC(=O)OCCCC(C)(C)OS(=O)(=O)O. The van der Waals surface area contributed by atoms with Crippen LogP contribution in [0.5, 0.6) is 0 Å². The maximum atomic E-state index is 10.7. The smallest absolute Gasteiger partial charge is 0.397 e. The fourth-order valence-electron chi connectivity index (χ4n) is 1.06. The minimum absolute atomic E-state index is 0.142. The molecule has 0 aliphatic heterocycles. The van der Waals surface area contributed by atoms with Crippen LogP contribution >= 0.6 is 0 Å². The van der Waals surface area contributed by atoms with Crippen LogP contribution in [0.4, 0.5) is 0 Å². The van der Waals surface area contributed by atoms with Crippen molar-refractivity contribution in [3.63, 3.8) is 0 Å². The van der Waals surface area contributed by atoms with Gasteiger partial charge in [-0.1, -0.05) is 6.58 Å². The van der Waals surface area contributed by atoms with Crippen molar-refractivity contribution in [3.8, 4) is 0 Å². The number of carbonyl (C=O) groups is 1. The van der Waals surface area contributed by atoms with E-state index in [4.69, 9.17) is 9.29 Å². The highest BCUT2D eigenvalue weighted by atomic mass is 32.3. The van der Waals surface area contributed by atoms with Crippen LogP contribution in [0.15, 0.2) is 12.7 Å². The molecule has 1 N–H and O–H groups in total. The van der Waals surface area contributed by atoms with Gasteiger partial charge in [-0.25, -0.2) is 8.98 Å². The second-order valence-electron chi connectivity index (χ2n) is 3.75. The van der Waals surface area contributed by atoms with Crippen molar-refractivity contribution in [2.75, 3.05) is 6.61 Å². The Bertz CT molecular complexity index is 343. The van der Waals surface area contributed by atoms with Gasteiger partial charge in [-0.3, -0.25) is 4.55 Å². The summed E-state index contributed by atoms with van der Waals surface area (Å²) in [7, 11) is -4.46. The van der Waals surface area contributed by atoms with E-state index in [1.165, 1.54) is 13.8 Å². The minimum Gasteiger partial charge on any atom is -0.463 e. The van der Waals surface area contributed by atoms with Gasteiger partial charge in [-0.2, -0.15) is 8.42 Å². The van der Waals surface area contributed by atoms with Gasteiger partial charge in [-0.15, -0.1) is 0 Å². The average Bonchev–Trinajstić information content (AvgIpc) is 2.08. The molecule has 0 fully saturated rings. The summed E-state index contributed by atoms with van der Waals surface area (Å²) in [5.74, 6) is -0.534. The lowest BCUT2D eigenvalue weighted by molar-refractivity contribution is -0.138. The Morgan fingerprint density at radius 2 is 2.06 bits per heavy atom. The molecular weight excluding hydrogens is 236 g/mol. The molecule has 0 aromatic heterocycles. The molecule has 0 aliphatic carbocycles. The number of hydrogen-bond acceptors (Lipinski definition) is 5. The third-order valence-corrected chi connectivity index (χ3v) is 2.33. The van der Waals surface area contributed by atoms with Crippen molar-refractivity contribution in [1.82, 2.24) is 0 Å². The van der Waals surface area contributed by atoms with E-state index in [0.717, 1.165) is 6.08 Å². The Morgan fingerprint density at radius 1 is 1.50 bits per heavy atom. The lowest BCUT2D eigenvalue weighted by Gasteiger charge is -2.22. The largest absolute Gasteiger partial charge is 0.463 e. The van der Waals surface area contributed by atoms with Gasteiger partial charge in [0, 0.05) is 6.08 Å². The van der Waals surface area contributed by atoms with Crippen molar-refractivity contribution in [2.45, 2.75) is 32.3 Å². The predicted octanol–water partition coefficient (Wildman–Crippen LogP) is 1.09. The molecule has 0 atom stereocenters. The van der Waals surface area contributed by atoms with Gasteiger partial charge < -0.3 is 4.74 Å². The summed E-state index contributed by atoms with van der Waals surface area (Å²) in [5.41, 5.74) is -1.03. The fraction of sp³-hybridized carbons (Fsp3) is 0.667. The van der Waals surface area contributed by atoms with Crippen LogP contribution < -0.4 is 0 Å². The number of ether oxygens (including phenoxy) is 1. The molecule has 94 valence electrons. The highest BCUT2D eigenvalue weighted by Gasteiger charge is 2.24. The van der Waals surface area contributed by atoms with Gasteiger partial charge in [0.05, 0.1) is 12.2 Å². The standard InChI is InChI=1S/C9H16O6S/c1-4-8(10)14-7-5-6-9(2,3)15-16(11,12)13/h4H,1,5-7H2,2-3H3,(H,11,12,13). The second kappa shape index (κ2) is 5.97. The van der Waals surface area contributed by atoms with Gasteiger partial charge in [0.25, 0.3) is 0 Å². The zero-order valence-electron chi connectivity index (χ0n) is 9.30. The molecule has 6 nitrogen and oxygen atoms in total. The molecule has 0 bridgehead atoms. The molecule has 0 saturated heterocycles. The van der Waals surface area contributed by atoms with Crippen molar-refractivity contribution >= 4 is 16.4 Å². The van der Waals surface area contributed by atoms with Gasteiger partial charge >= 0.3 is 16.4 Å². The zero-order chi connectivity index (χ0) is 12.8. The maximum Gasteiger partial charge on any atom is 0.397 e. The Labute approximate surface area is 95.2 Å². The molecule has 0 heterocycles. The summed E-state index contributed by atoms with van der Waals surface area (Å²) >= 11 is 0. The Hall–Kier alpha value is -0.920. The fourth-order valence-corrected chi connectivity index (χ4v) is 1.71. The summed E-state index contributed by atoms with van der Waals surface area (Å²) in [4.78, 5) is 10.7. The first-order valence-electron chi connectivity index (χ1n) is 4.63. The monoisotopic (exact) mass is 252 g/mol. The Balaban J connectivity index is 3.92. The molecule has 0 aromatic rings. The maximum absolute atomic E-state index is 10.7. The molecule has 7 heteroatoms. The predicted molar refractivity (Wildman–Crippen MR) is 57.1 cm³/mol. The zero-order valence-corrected chi connectivity index (χ0v) is 10.1. The lowest BCUT2D eigenvalue weighted by Crippen LogP contribution is -2.28. The highest BCUT2D eigenvalue weighted by molar-refractivity contribution is 7.80. The molecule has 0 saturated carbocycles. The van der Waals surface area contributed by atoms with Crippen molar-refractivity contribution in [3.05, 3.63) is 12.7 Å². The number of esters is 1. The first-order chi connectivity index (χ1) is 7.16. The van der Waals surface area contributed by atoms with Crippen LogP contribution in [0.1, 0.15) is 26.7 Å². The lowest BCUT2D eigenvalue weighted by atomic mass is 10.0. The van der Waals surface area contributed by atoms with Crippen molar-refractivity contribution in [1.29, 1.82) is 0 Å². The van der Waals surface area contributed by atoms with Gasteiger partial charge in [-0.05, 0) is 26.7 Å². The van der Waals surface area contributed by atoms with Gasteiger partial charge in [0.15, 0.2) is 0 Å². The van der Waals surface area contributed by atoms with Gasteiger partial charge in [0.2, 0.25) is 0 Å². The normalized spacial score (nSPS) is 12.2. The molecule has 0 amide bonds. The van der Waals surface area contributed by atoms with E-state index in [1.54, 1.807) is 0 Å². The molecule has 0 aliphatic rings. The summed E-state index contributed by atoms with van der Waals surface area (Å²) in [6, 6.07) is 0. The van der Waals surface area contributed by atoms with Crippen LogP contribution in [0.2, 0.25) is 0 Å². The topological polar surface area (TPSA) is 89.9 Å². The van der Waals surface area contributed by atoms with Crippen LogP contribution in [0.3, 0.4) is 0 Å². The first kappa shape index (κ1) is 15.1. The van der Waals surface area contributed by atoms with E-state index >= 15 is 0 Å². The van der Waals surface area contributed by atoms with E-state index in [-0.39, 0.29) is 6.61 Å². The van der Waals surface area contributed by atoms with Crippen LogP contribution in [0.25, 0.3) is 0 Å². The van der Waals surface area contributed by atoms with Crippen LogP contribution in [0, 0.1) is 0 Å². The third kappa shape index (κ3) is 8.39. The van der Waals surface area contributed by atoms with Gasteiger partial charge in [0.1, 0.15) is 0 Å². The molecule has 0 radical (unpaired) electrons. The van der Waals surface area contributed by atoms with E-state index in [0.29, 0.717) is 12.8 Å².